The van der Waals surface area contributed by atoms with Crippen molar-refractivity contribution in [3.05, 3.63) is 52.3 Å². The van der Waals surface area contributed by atoms with Gasteiger partial charge >= 0.3 is 0 Å². The zero-order chi connectivity index (χ0) is 22.5. The number of hydrogen-bond donors (Lipinski definition) is 2. The van der Waals surface area contributed by atoms with Gasteiger partial charge in [-0.3, -0.25) is 10.2 Å². The van der Waals surface area contributed by atoms with Crippen molar-refractivity contribution in [2.45, 2.75) is 46.6 Å². The number of aryl methyl sites for hydroxylation is 1. The number of unbranched alkanes of at least 4 members (excludes halogenated alkanes) is 1. The number of aromatic hydroxyl groups is 1. The Morgan fingerprint density at radius 1 is 1.19 bits per heavy atom. The number of carbonyl (C=O) groups excluding carboxylic acids is 1. The molecule has 174 valence electrons. The molecule has 8 heteroatoms. The van der Waals surface area contributed by atoms with Crippen LogP contribution in [0.25, 0.3) is 0 Å². The van der Waals surface area contributed by atoms with Crippen molar-refractivity contribution in [3.8, 4) is 17.2 Å². The Kier molecular flexibility index (Phi) is 9.07. The first kappa shape index (κ1) is 25.6. The van der Waals surface area contributed by atoms with E-state index in [9.17, 15) is 9.90 Å². The molecule has 32 heavy (non-hydrogen) atoms. The normalized spacial score (nSPS) is 12.4. The summed E-state index contributed by atoms with van der Waals surface area (Å²) in [5.74, 6) is -0.379. The predicted molar refractivity (Wildman–Crippen MR) is 127 cm³/mol. The maximum Gasteiger partial charge on any atom is 0.197 e. The number of ketones is 1. The van der Waals surface area contributed by atoms with E-state index >= 15 is 4.39 Å². The van der Waals surface area contributed by atoms with Gasteiger partial charge in [-0.1, -0.05) is 13.3 Å². The number of carbonyl (C=O) groups is 1. The first-order chi connectivity index (χ1) is 14.9. The van der Waals surface area contributed by atoms with Crippen LogP contribution in [0.2, 0.25) is 0 Å². The number of benzene rings is 2. The summed E-state index contributed by atoms with van der Waals surface area (Å²) < 4.78 is 26.1. The van der Waals surface area contributed by atoms with E-state index in [1.807, 2.05) is 0 Å². The maximum absolute atomic E-state index is 15.2. The Labute approximate surface area is 198 Å². The van der Waals surface area contributed by atoms with E-state index in [0.29, 0.717) is 29.9 Å². The molecule has 3 rings (SSSR count). The number of Topliss-reactive ketones (excluding diaryl/α,β-unsaturated/α-hetero) is 1. The first-order valence-electron chi connectivity index (χ1n) is 10.7. The zero-order valence-corrected chi connectivity index (χ0v) is 20.4. The molecule has 0 aliphatic carbocycles. The zero-order valence-electron chi connectivity index (χ0n) is 18.7. The van der Waals surface area contributed by atoms with Gasteiger partial charge in [-0.25, -0.2) is 4.39 Å². The van der Waals surface area contributed by atoms with Crippen LogP contribution in [0.5, 0.6) is 17.2 Å². The monoisotopic (exact) mass is 508 g/mol. The molecule has 0 aromatic heterocycles. The molecule has 1 heterocycles. The molecule has 2 N–H and O–H groups in total. The highest BCUT2D eigenvalue weighted by Gasteiger charge is 2.33. The number of phenolic OH excluding ortho intramolecular Hbond substituents is 1. The molecule has 0 amide bonds. The second kappa shape index (κ2) is 11.3. The standard InChI is InChI=1S/C24H29FN2O4.BrH/c1-4-7-8-15-11-16(9-10-18(15)28)19(29)14-27-13-17-12-20(30-5-2)23(31-6-3)22(25)21(17)24(27)26;/h9-12,26,28H,4-8,13-14H2,1-3H3;1H. The van der Waals surface area contributed by atoms with Gasteiger partial charge in [-0.05, 0) is 62.1 Å². The third-order valence-corrected chi connectivity index (χ3v) is 5.31. The van der Waals surface area contributed by atoms with Gasteiger partial charge in [0, 0.05) is 12.1 Å². The van der Waals surface area contributed by atoms with Crippen LogP contribution in [0.3, 0.4) is 0 Å². The van der Waals surface area contributed by atoms with Crippen LogP contribution < -0.4 is 9.47 Å². The Bertz CT molecular complexity index is 996. The summed E-state index contributed by atoms with van der Waals surface area (Å²) in [6.07, 6.45) is 2.60. The quantitative estimate of drug-likeness (QED) is 0.427. The van der Waals surface area contributed by atoms with Crippen molar-refractivity contribution >= 4 is 28.6 Å². The van der Waals surface area contributed by atoms with Gasteiger partial charge < -0.3 is 19.5 Å². The number of rotatable bonds is 10. The van der Waals surface area contributed by atoms with E-state index in [1.165, 1.54) is 6.07 Å². The topological polar surface area (TPSA) is 82.9 Å². The van der Waals surface area contributed by atoms with E-state index in [1.54, 1.807) is 36.9 Å². The van der Waals surface area contributed by atoms with Crippen molar-refractivity contribution in [3.63, 3.8) is 0 Å². The van der Waals surface area contributed by atoms with Gasteiger partial charge in [0.1, 0.15) is 11.6 Å². The first-order valence-corrected chi connectivity index (χ1v) is 10.7. The number of nitrogens with one attached hydrogen (secondary N) is 1. The molecule has 6 nitrogen and oxygen atoms in total. The van der Waals surface area contributed by atoms with Crippen LogP contribution in [-0.2, 0) is 13.0 Å². The average Bonchev–Trinajstić information content (AvgIpc) is 3.05. The molecular formula is C24H30BrFN2O4. The van der Waals surface area contributed by atoms with Gasteiger partial charge in [0.2, 0.25) is 0 Å². The van der Waals surface area contributed by atoms with Gasteiger partial charge in [0.15, 0.2) is 23.1 Å². The number of hydrogen-bond acceptors (Lipinski definition) is 5. The molecular weight excluding hydrogens is 479 g/mol. The van der Waals surface area contributed by atoms with Crippen molar-refractivity contribution in [1.29, 1.82) is 5.41 Å². The predicted octanol–water partition coefficient (Wildman–Crippen LogP) is 5.27. The van der Waals surface area contributed by atoms with Crippen LogP contribution in [0, 0.1) is 11.2 Å². The molecule has 0 unspecified atom stereocenters. The fourth-order valence-electron chi connectivity index (χ4n) is 3.75. The minimum atomic E-state index is -0.630. The lowest BCUT2D eigenvalue weighted by atomic mass is 10.0. The van der Waals surface area contributed by atoms with Gasteiger partial charge in [-0.15, -0.1) is 17.0 Å². The Balaban J connectivity index is 0.00000363. The number of phenols is 1. The molecule has 1 aliphatic heterocycles. The average molecular weight is 509 g/mol. The van der Waals surface area contributed by atoms with E-state index in [2.05, 4.69) is 6.92 Å². The summed E-state index contributed by atoms with van der Waals surface area (Å²) in [5, 5.41) is 18.5. The molecule has 0 fully saturated rings. The summed E-state index contributed by atoms with van der Waals surface area (Å²) in [6.45, 7) is 6.44. The Morgan fingerprint density at radius 2 is 1.91 bits per heavy atom. The summed E-state index contributed by atoms with van der Waals surface area (Å²) in [5.41, 5.74) is 1.95. The maximum atomic E-state index is 15.2. The van der Waals surface area contributed by atoms with Crippen molar-refractivity contribution in [2.24, 2.45) is 0 Å². The summed E-state index contributed by atoms with van der Waals surface area (Å²) >= 11 is 0. The molecule has 1 aliphatic rings. The van der Waals surface area contributed by atoms with Crippen LogP contribution in [0.4, 0.5) is 4.39 Å². The fraction of sp³-hybridized carbons (Fsp3) is 0.417. The van der Waals surface area contributed by atoms with Gasteiger partial charge in [0.25, 0.3) is 0 Å². The van der Waals surface area contributed by atoms with Crippen LogP contribution in [0.1, 0.15) is 60.7 Å². The lowest BCUT2D eigenvalue weighted by molar-refractivity contribution is 0.0962. The SMILES string of the molecule is Br.CCCCc1cc(C(=O)CN2Cc3cc(OCC)c(OCC)c(F)c3C2=N)ccc1O. The fourth-order valence-corrected chi connectivity index (χ4v) is 3.75. The van der Waals surface area contributed by atoms with Crippen molar-refractivity contribution in [2.75, 3.05) is 19.8 Å². The van der Waals surface area contributed by atoms with E-state index in [4.69, 9.17) is 14.9 Å². The minimum absolute atomic E-state index is 0. The molecule has 2 aromatic rings. The van der Waals surface area contributed by atoms with Crippen LogP contribution in [-0.4, -0.2) is 41.4 Å². The highest BCUT2D eigenvalue weighted by atomic mass is 79.9. The largest absolute Gasteiger partial charge is 0.508 e. The highest BCUT2D eigenvalue weighted by molar-refractivity contribution is 8.93. The highest BCUT2D eigenvalue weighted by Crippen LogP contribution is 2.39. The second-order valence-corrected chi connectivity index (χ2v) is 7.49. The summed E-state index contributed by atoms with van der Waals surface area (Å²) in [6, 6.07) is 6.52. The summed E-state index contributed by atoms with van der Waals surface area (Å²) in [4.78, 5) is 14.4. The molecule has 2 aromatic carbocycles. The molecule has 0 atom stereocenters. The lowest BCUT2D eigenvalue weighted by Gasteiger charge is -2.17. The van der Waals surface area contributed by atoms with Crippen LogP contribution in [0.15, 0.2) is 24.3 Å². The number of halogens is 2. The van der Waals surface area contributed by atoms with Gasteiger partial charge in [0.05, 0.1) is 25.3 Å². The smallest absolute Gasteiger partial charge is 0.197 e. The van der Waals surface area contributed by atoms with Crippen molar-refractivity contribution in [1.82, 2.24) is 4.90 Å². The Morgan fingerprint density at radius 3 is 2.56 bits per heavy atom. The van der Waals surface area contributed by atoms with E-state index in [-0.39, 0.29) is 65.4 Å². The molecule has 0 saturated heterocycles. The molecule has 0 spiro atoms. The van der Waals surface area contributed by atoms with E-state index in [0.717, 1.165) is 18.4 Å². The third-order valence-electron chi connectivity index (χ3n) is 5.31. The van der Waals surface area contributed by atoms with E-state index < -0.39 is 5.82 Å². The minimum Gasteiger partial charge on any atom is -0.508 e. The molecule has 0 saturated carbocycles. The molecule has 0 radical (unpaired) electrons. The van der Waals surface area contributed by atoms with Gasteiger partial charge in [-0.2, -0.15) is 0 Å². The van der Waals surface area contributed by atoms with Crippen LogP contribution >= 0.6 is 17.0 Å². The molecule has 0 bridgehead atoms. The summed E-state index contributed by atoms with van der Waals surface area (Å²) in [7, 11) is 0. The number of amidine groups is 1. The third kappa shape index (κ3) is 5.23. The lowest BCUT2D eigenvalue weighted by Crippen LogP contribution is -2.30. The number of fused-ring (bicyclic) bond motifs is 1. The Hall–Kier alpha value is -2.61. The second-order valence-electron chi connectivity index (χ2n) is 7.49. The number of nitrogens with zero attached hydrogens (tertiary/aromatic N) is 1. The number of ether oxygens (including phenoxy) is 2. The van der Waals surface area contributed by atoms with Crippen molar-refractivity contribution < 1.29 is 23.8 Å².